The monoisotopic (exact) mass is 233 g/mol. The van der Waals surface area contributed by atoms with Crippen molar-refractivity contribution in [1.29, 1.82) is 0 Å². The Hall–Kier alpha value is 0.270. The molecule has 0 aliphatic heterocycles. The molecule has 0 aliphatic rings. The third-order valence-electron chi connectivity index (χ3n) is 2.58. The van der Waals surface area contributed by atoms with E-state index in [1.54, 1.807) is 0 Å². The zero-order valence-electron chi connectivity index (χ0n) is 10.8. The predicted octanol–water partition coefficient (Wildman–Crippen LogP) is 2.51. The third kappa shape index (κ3) is 7.20. The van der Waals surface area contributed by atoms with E-state index in [1.807, 2.05) is 11.8 Å². The van der Waals surface area contributed by atoms with Crippen LogP contribution in [0, 0.1) is 5.41 Å². The first-order valence-electron chi connectivity index (χ1n) is 5.87. The predicted molar refractivity (Wildman–Crippen MR) is 70.5 cm³/mol. The number of nitrogens with one attached hydrogen (secondary N) is 1. The molecule has 3 heteroatoms. The van der Waals surface area contributed by atoms with E-state index in [4.69, 9.17) is 5.11 Å². The average Bonchev–Trinajstić information content (AvgIpc) is 2.10. The zero-order chi connectivity index (χ0) is 11.9. The van der Waals surface area contributed by atoms with Crippen molar-refractivity contribution in [2.75, 3.05) is 18.9 Å². The molecule has 2 N–H and O–H groups in total. The summed E-state index contributed by atoms with van der Waals surface area (Å²) in [6.07, 6.45) is 0.896. The maximum atomic E-state index is 8.84. The molecule has 0 saturated heterocycles. The summed E-state index contributed by atoms with van der Waals surface area (Å²) in [6, 6.07) is 0.550. The summed E-state index contributed by atoms with van der Waals surface area (Å²) in [7, 11) is 0. The van der Waals surface area contributed by atoms with E-state index < -0.39 is 0 Å². The molecule has 0 fully saturated rings. The van der Waals surface area contributed by atoms with Gasteiger partial charge in [0.25, 0.3) is 0 Å². The number of rotatable bonds is 7. The minimum Gasteiger partial charge on any atom is -0.396 e. The Morgan fingerprint density at radius 1 is 1.33 bits per heavy atom. The first-order chi connectivity index (χ1) is 6.91. The fourth-order valence-electron chi connectivity index (χ4n) is 1.39. The van der Waals surface area contributed by atoms with E-state index in [1.165, 1.54) is 0 Å². The van der Waals surface area contributed by atoms with Crippen molar-refractivity contribution < 1.29 is 5.11 Å². The topological polar surface area (TPSA) is 32.3 Å². The smallest absolute Gasteiger partial charge is 0.0441 e. The molecule has 15 heavy (non-hydrogen) atoms. The lowest BCUT2D eigenvalue weighted by atomic mass is 9.88. The second-order valence-electron chi connectivity index (χ2n) is 5.13. The largest absolute Gasteiger partial charge is 0.396 e. The molecule has 0 aromatic carbocycles. The van der Waals surface area contributed by atoms with E-state index in [2.05, 4.69) is 39.9 Å². The van der Waals surface area contributed by atoms with Crippen molar-refractivity contribution >= 4 is 11.8 Å². The van der Waals surface area contributed by atoms with Crippen LogP contribution in [0.4, 0.5) is 0 Å². The van der Waals surface area contributed by atoms with E-state index in [0.717, 1.165) is 18.7 Å². The van der Waals surface area contributed by atoms with Crippen LogP contribution in [0.25, 0.3) is 0 Å². The molecule has 0 spiro atoms. The minimum atomic E-state index is 0.301. The van der Waals surface area contributed by atoms with Crippen LogP contribution >= 0.6 is 11.8 Å². The molecule has 0 saturated carbocycles. The second-order valence-corrected chi connectivity index (χ2v) is 6.60. The quantitative estimate of drug-likeness (QED) is 0.709. The number of hydrogen-bond donors (Lipinski definition) is 2. The molecular weight excluding hydrogens is 206 g/mol. The highest BCUT2D eigenvalue weighted by Gasteiger charge is 2.23. The first-order valence-corrected chi connectivity index (χ1v) is 6.92. The highest BCUT2D eigenvalue weighted by atomic mass is 32.2. The van der Waals surface area contributed by atoms with Gasteiger partial charge in [-0.05, 0) is 18.4 Å². The Balaban J connectivity index is 3.96. The van der Waals surface area contributed by atoms with Crippen LogP contribution in [0.5, 0.6) is 0 Å². The lowest BCUT2D eigenvalue weighted by Gasteiger charge is -2.32. The Morgan fingerprint density at radius 2 is 1.93 bits per heavy atom. The molecule has 0 heterocycles. The van der Waals surface area contributed by atoms with Gasteiger partial charge in [-0.25, -0.2) is 0 Å². The third-order valence-corrected chi connectivity index (χ3v) is 3.91. The van der Waals surface area contributed by atoms with Crippen molar-refractivity contribution in [3.8, 4) is 0 Å². The highest BCUT2D eigenvalue weighted by Crippen LogP contribution is 2.25. The summed E-state index contributed by atoms with van der Waals surface area (Å²) in [5.41, 5.74) is 0.307. The molecule has 92 valence electrons. The van der Waals surface area contributed by atoms with Crippen molar-refractivity contribution in [2.24, 2.45) is 5.41 Å². The molecule has 0 aliphatic carbocycles. The van der Waals surface area contributed by atoms with E-state index in [0.29, 0.717) is 23.3 Å². The molecule has 0 bridgehead atoms. The second kappa shape index (κ2) is 7.53. The standard InChI is InChI=1S/C12H27NOS/c1-6-13-11(12(3,4)5)9-15-10(2)7-8-14/h10-11,13-14H,6-9H2,1-5H3. The van der Waals surface area contributed by atoms with Crippen LogP contribution in [0.15, 0.2) is 0 Å². The molecule has 0 aromatic heterocycles. The number of aliphatic hydroxyl groups is 1. The first kappa shape index (κ1) is 15.3. The molecule has 0 aromatic rings. The van der Waals surface area contributed by atoms with Gasteiger partial charge >= 0.3 is 0 Å². The van der Waals surface area contributed by atoms with Gasteiger partial charge < -0.3 is 10.4 Å². The lowest BCUT2D eigenvalue weighted by Crippen LogP contribution is -2.42. The summed E-state index contributed by atoms with van der Waals surface area (Å²) in [6.45, 7) is 12.5. The van der Waals surface area contributed by atoms with Crippen LogP contribution in [0.1, 0.15) is 41.0 Å². The number of aliphatic hydroxyl groups excluding tert-OH is 1. The van der Waals surface area contributed by atoms with Gasteiger partial charge in [0.1, 0.15) is 0 Å². The van der Waals surface area contributed by atoms with Crippen LogP contribution in [-0.2, 0) is 0 Å². The van der Waals surface area contributed by atoms with E-state index >= 15 is 0 Å². The molecule has 2 nitrogen and oxygen atoms in total. The average molecular weight is 233 g/mol. The van der Waals surface area contributed by atoms with Gasteiger partial charge in [0, 0.05) is 23.7 Å². The fourth-order valence-corrected chi connectivity index (χ4v) is 2.80. The molecule has 0 radical (unpaired) electrons. The van der Waals surface area contributed by atoms with Crippen LogP contribution in [0.2, 0.25) is 0 Å². The fraction of sp³-hybridized carbons (Fsp3) is 1.00. The molecule has 0 rings (SSSR count). The van der Waals surface area contributed by atoms with Crippen molar-refractivity contribution in [3.05, 3.63) is 0 Å². The lowest BCUT2D eigenvalue weighted by molar-refractivity contribution is 0.287. The van der Waals surface area contributed by atoms with Gasteiger partial charge in [-0.3, -0.25) is 0 Å². The summed E-state index contributed by atoms with van der Waals surface area (Å²) < 4.78 is 0. The Bertz CT molecular complexity index is 156. The van der Waals surface area contributed by atoms with Gasteiger partial charge in [0.2, 0.25) is 0 Å². The van der Waals surface area contributed by atoms with Crippen LogP contribution in [-0.4, -0.2) is 35.3 Å². The summed E-state index contributed by atoms with van der Waals surface area (Å²) in [5.74, 6) is 1.12. The minimum absolute atomic E-state index is 0.301. The van der Waals surface area contributed by atoms with E-state index in [9.17, 15) is 0 Å². The SMILES string of the molecule is CCNC(CSC(C)CCO)C(C)(C)C. The maximum absolute atomic E-state index is 8.84. The molecule has 2 unspecified atom stereocenters. The number of hydrogen-bond acceptors (Lipinski definition) is 3. The summed E-state index contributed by atoms with van der Waals surface area (Å²) in [5, 5.41) is 12.9. The van der Waals surface area contributed by atoms with Gasteiger partial charge in [-0.2, -0.15) is 11.8 Å². The Morgan fingerprint density at radius 3 is 2.33 bits per heavy atom. The van der Waals surface area contributed by atoms with Crippen LogP contribution in [0.3, 0.4) is 0 Å². The van der Waals surface area contributed by atoms with Gasteiger partial charge in [0.15, 0.2) is 0 Å². The van der Waals surface area contributed by atoms with Crippen molar-refractivity contribution in [2.45, 2.75) is 52.3 Å². The van der Waals surface area contributed by atoms with Gasteiger partial charge in [-0.1, -0.05) is 34.6 Å². The summed E-state index contributed by atoms with van der Waals surface area (Å²) >= 11 is 1.95. The zero-order valence-corrected chi connectivity index (χ0v) is 11.7. The molecule has 2 atom stereocenters. The van der Waals surface area contributed by atoms with Gasteiger partial charge in [-0.15, -0.1) is 0 Å². The molecular formula is C12H27NOS. The van der Waals surface area contributed by atoms with Crippen LogP contribution < -0.4 is 5.32 Å². The Labute approximate surface area is 99.2 Å². The summed E-state index contributed by atoms with van der Waals surface area (Å²) in [4.78, 5) is 0. The van der Waals surface area contributed by atoms with Crippen molar-refractivity contribution in [3.63, 3.8) is 0 Å². The van der Waals surface area contributed by atoms with Crippen molar-refractivity contribution in [1.82, 2.24) is 5.32 Å². The maximum Gasteiger partial charge on any atom is 0.0441 e. The van der Waals surface area contributed by atoms with Gasteiger partial charge in [0.05, 0.1) is 0 Å². The molecule has 0 amide bonds. The Kier molecular flexibility index (Phi) is 7.66. The normalized spacial score (nSPS) is 16.4. The number of thioether (sulfide) groups is 1. The highest BCUT2D eigenvalue weighted by molar-refractivity contribution is 7.99. The van der Waals surface area contributed by atoms with E-state index in [-0.39, 0.29) is 0 Å².